The van der Waals surface area contributed by atoms with Gasteiger partial charge in [0.15, 0.2) is 0 Å². The van der Waals surface area contributed by atoms with Gasteiger partial charge in [-0.3, -0.25) is 9.69 Å². The highest BCUT2D eigenvalue weighted by Crippen LogP contribution is 2.54. The number of carbonyl (C=O) groups excluding carboxylic acids is 1. The fourth-order valence-corrected chi connectivity index (χ4v) is 6.86. The molecule has 1 heterocycles. The van der Waals surface area contributed by atoms with Gasteiger partial charge in [-0.1, -0.05) is 44.5 Å². The molecule has 2 aliphatic carbocycles. The number of methoxy groups -OCH3 is 1. The molecule has 1 unspecified atom stereocenters. The molecule has 2 saturated carbocycles. The number of amides is 2. The summed E-state index contributed by atoms with van der Waals surface area (Å²) in [7, 11) is 1.73. The SMILES string of the molecule is COCC1CC[C@]2(c3ccc(CCC(C)(C)C)c(Cl)c3)NC(=O)N(C3(C)CC(C)(C(=O)O)C3)C=C2C1. The Morgan fingerprint density at radius 2 is 1.97 bits per heavy atom. The number of aliphatic carboxylic acids is 1. The van der Waals surface area contributed by atoms with Gasteiger partial charge in [0.05, 0.1) is 11.0 Å². The van der Waals surface area contributed by atoms with E-state index in [4.69, 9.17) is 16.3 Å². The van der Waals surface area contributed by atoms with Crippen LogP contribution in [0.5, 0.6) is 0 Å². The van der Waals surface area contributed by atoms with E-state index in [-0.39, 0.29) is 11.4 Å². The summed E-state index contributed by atoms with van der Waals surface area (Å²) in [6.07, 6.45) is 7.32. The van der Waals surface area contributed by atoms with Gasteiger partial charge in [0.2, 0.25) is 0 Å². The van der Waals surface area contributed by atoms with Crippen molar-refractivity contribution in [2.24, 2.45) is 16.7 Å². The topological polar surface area (TPSA) is 78.9 Å². The highest BCUT2D eigenvalue weighted by Gasteiger charge is 2.59. The van der Waals surface area contributed by atoms with E-state index in [2.05, 4.69) is 38.2 Å². The van der Waals surface area contributed by atoms with Crippen LogP contribution < -0.4 is 5.32 Å². The van der Waals surface area contributed by atoms with Crippen LogP contribution in [-0.2, 0) is 21.5 Å². The molecule has 1 aromatic rings. The number of benzene rings is 1. The molecule has 2 fully saturated rings. The Hall–Kier alpha value is -2.05. The number of ether oxygens (including phenoxy) is 1. The van der Waals surface area contributed by atoms with Gasteiger partial charge in [-0.05, 0) is 92.9 Å². The Labute approximate surface area is 220 Å². The summed E-state index contributed by atoms with van der Waals surface area (Å²) in [6, 6.07) is 6.09. The van der Waals surface area contributed by atoms with Gasteiger partial charge >= 0.3 is 12.0 Å². The van der Waals surface area contributed by atoms with Crippen molar-refractivity contribution in [3.05, 3.63) is 46.1 Å². The van der Waals surface area contributed by atoms with Crippen molar-refractivity contribution in [3.8, 4) is 0 Å². The van der Waals surface area contributed by atoms with Crippen LogP contribution in [0, 0.1) is 16.7 Å². The fourth-order valence-electron chi connectivity index (χ4n) is 6.59. The number of urea groups is 1. The van der Waals surface area contributed by atoms with Crippen molar-refractivity contribution in [1.29, 1.82) is 0 Å². The molecule has 2 N–H and O–H groups in total. The van der Waals surface area contributed by atoms with Gasteiger partial charge in [-0.15, -0.1) is 0 Å². The minimum absolute atomic E-state index is 0.174. The third kappa shape index (κ3) is 4.91. The Morgan fingerprint density at radius 3 is 2.56 bits per heavy atom. The second-order valence-electron chi connectivity index (χ2n) is 13.0. The van der Waals surface area contributed by atoms with Crippen molar-refractivity contribution >= 4 is 23.6 Å². The molecular weight excluding hydrogens is 476 g/mol. The lowest BCUT2D eigenvalue weighted by molar-refractivity contribution is -0.161. The number of hydrogen-bond donors (Lipinski definition) is 2. The third-order valence-corrected chi connectivity index (χ3v) is 8.89. The first-order valence-corrected chi connectivity index (χ1v) is 13.4. The van der Waals surface area contributed by atoms with Crippen molar-refractivity contribution in [2.45, 2.75) is 90.6 Å². The summed E-state index contributed by atoms with van der Waals surface area (Å²) in [5.41, 5.74) is 1.56. The number of rotatable bonds is 7. The summed E-state index contributed by atoms with van der Waals surface area (Å²) >= 11 is 6.80. The molecule has 7 heteroatoms. The molecule has 2 amide bonds. The summed E-state index contributed by atoms with van der Waals surface area (Å²) in [5.74, 6) is -0.440. The Bertz CT molecular complexity index is 1070. The number of carboxylic acids is 1. The first kappa shape index (κ1) is 27.0. The average molecular weight is 517 g/mol. The molecule has 3 aliphatic rings. The van der Waals surface area contributed by atoms with Crippen LogP contribution >= 0.6 is 11.6 Å². The van der Waals surface area contributed by atoms with Crippen LogP contribution in [0.4, 0.5) is 4.79 Å². The van der Waals surface area contributed by atoms with E-state index in [0.717, 1.165) is 53.8 Å². The lowest BCUT2D eigenvalue weighted by Crippen LogP contribution is -2.67. The van der Waals surface area contributed by atoms with Crippen LogP contribution in [0.15, 0.2) is 30.0 Å². The minimum atomic E-state index is -0.807. The maximum Gasteiger partial charge on any atom is 0.322 e. The predicted molar refractivity (Wildman–Crippen MR) is 142 cm³/mol. The number of carbonyl (C=O) groups is 2. The van der Waals surface area contributed by atoms with Gasteiger partial charge in [0.25, 0.3) is 0 Å². The van der Waals surface area contributed by atoms with Crippen molar-refractivity contribution in [2.75, 3.05) is 13.7 Å². The van der Waals surface area contributed by atoms with Crippen LogP contribution in [0.1, 0.15) is 84.3 Å². The third-order valence-electron chi connectivity index (χ3n) is 8.54. The zero-order chi connectivity index (χ0) is 26.5. The zero-order valence-electron chi connectivity index (χ0n) is 22.5. The summed E-state index contributed by atoms with van der Waals surface area (Å²) in [6.45, 7) is 11.1. The standard InChI is InChI=1S/C29H41ClN2O4/c1-26(2,3)11-10-20-7-8-21(14-23(20)30)29-12-9-19(16-36-6)13-22(29)15-32(25(35)31-29)28(5)17-27(4,18-28)24(33)34/h7-8,14-15,19H,9-13,16-18H2,1-6H3,(H,31,35)(H,33,34)/t19?,27?,28?,29-/m1/s1. The molecular formula is C29H41ClN2O4. The van der Waals surface area contributed by atoms with E-state index in [9.17, 15) is 14.7 Å². The molecule has 4 rings (SSSR count). The monoisotopic (exact) mass is 516 g/mol. The summed E-state index contributed by atoms with van der Waals surface area (Å²) in [5, 5.41) is 13.7. The number of hydrogen-bond acceptors (Lipinski definition) is 3. The number of aryl methyl sites for hydroxylation is 1. The zero-order valence-corrected chi connectivity index (χ0v) is 23.3. The van der Waals surface area contributed by atoms with Crippen molar-refractivity contribution in [1.82, 2.24) is 10.2 Å². The van der Waals surface area contributed by atoms with E-state index >= 15 is 0 Å². The Kier molecular flexibility index (Phi) is 7.02. The van der Waals surface area contributed by atoms with E-state index in [0.29, 0.717) is 25.4 Å². The van der Waals surface area contributed by atoms with Crippen molar-refractivity contribution < 1.29 is 19.4 Å². The molecule has 2 atom stereocenters. The Morgan fingerprint density at radius 1 is 1.28 bits per heavy atom. The van der Waals surface area contributed by atoms with Gasteiger partial charge in [0, 0.05) is 30.5 Å². The summed E-state index contributed by atoms with van der Waals surface area (Å²) in [4.78, 5) is 27.1. The van der Waals surface area contributed by atoms with E-state index in [1.165, 1.54) is 0 Å². The summed E-state index contributed by atoms with van der Waals surface area (Å²) < 4.78 is 5.48. The van der Waals surface area contributed by atoms with Crippen LogP contribution in [0.25, 0.3) is 0 Å². The largest absolute Gasteiger partial charge is 0.481 e. The highest BCUT2D eigenvalue weighted by atomic mass is 35.5. The highest BCUT2D eigenvalue weighted by molar-refractivity contribution is 6.31. The quantitative estimate of drug-likeness (QED) is 0.432. The van der Waals surface area contributed by atoms with E-state index in [1.54, 1.807) is 18.9 Å². The second-order valence-corrected chi connectivity index (χ2v) is 13.4. The lowest BCUT2D eigenvalue weighted by atomic mass is 9.58. The number of fused-ring (bicyclic) bond motifs is 1. The molecule has 1 aliphatic heterocycles. The van der Waals surface area contributed by atoms with Crippen molar-refractivity contribution in [3.63, 3.8) is 0 Å². The molecule has 0 bridgehead atoms. The maximum absolute atomic E-state index is 13.6. The first-order valence-electron chi connectivity index (χ1n) is 13.1. The first-order chi connectivity index (χ1) is 16.7. The Balaban J connectivity index is 1.68. The molecule has 6 nitrogen and oxygen atoms in total. The number of halogens is 1. The second kappa shape index (κ2) is 9.36. The average Bonchev–Trinajstić information content (AvgIpc) is 2.76. The van der Waals surface area contributed by atoms with Gasteiger partial charge in [0.1, 0.15) is 0 Å². The number of nitrogens with one attached hydrogen (secondary N) is 1. The van der Waals surface area contributed by atoms with Crippen LogP contribution in [-0.4, -0.2) is 41.3 Å². The molecule has 0 radical (unpaired) electrons. The van der Waals surface area contributed by atoms with E-state index < -0.39 is 22.5 Å². The molecule has 0 spiro atoms. The fraction of sp³-hybridized carbons (Fsp3) is 0.655. The lowest BCUT2D eigenvalue weighted by Gasteiger charge is -2.58. The molecule has 1 aromatic carbocycles. The number of carboxylic acid groups (broad SMARTS) is 1. The maximum atomic E-state index is 13.6. The normalized spacial score (nSPS) is 32.3. The van der Waals surface area contributed by atoms with Crippen LogP contribution in [0.3, 0.4) is 0 Å². The molecule has 0 saturated heterocycles. The molecule has 0 aromatic heterocycles. The predicted octanol–water partition coefficient (Wildman–Crippen LogP) is 6.51. The van der Waals surface area contributed by atoms with Gasteiger partial charge in [-0.2, -0.15) is 0 Å². The smallest absolute Gasteiger partial charge is 0.322 e. The van der Waals surface area contributed by atoms with Crippen LogP contribution in [0.2, 0.25) is 5.02 Å². The molecule has 36 heavy (non-hydrogen) atoms. The minimum Gasteiger partial charge on any atom is -0.481 e. The van der Waals surface area contributed by atoms with E-state index in [1.807, 2.05) is 19.2 Å². The van der Waals surface area contributed by atoms with Gasteiger partial charge < -0.3 is 15.2 Å². The molecule has 198 valence electrons. The number of nitrogens with zero attached hydrogens (tertiary/aromatic N) is 1. The van der Waals surface area contributed by atoms with Gasteiger partial charge in [-0.25, -0.2) is 4.79 Å².